The van der Waals surface area contributed by atoms with Gasteiger partial charge < -0.3 is 15.0 Å². The van der Waals surface area contributed by atoms with Crippen LogP contribution in [0, 0.1) is 40.7 Å². The van der Waals surface area contributed by atoms with Crippen molar-refractivity contribution in [3.8, 4) is 17.2 Å². The Balaban J connectivity index is 1.57. The van der Waals surface area contributed by atoms with Gasteiger partial charge in [0, 0.05) is 28.8 Å². The molecule has 0 unspecified atom stereocenters. The van der Waals surface area contributed by atoms with Crippen LogP contribution in [0.2, 0.25) is 0 Å². The number of nitriles is 1. The molecule has 0 amide bonds. The van der Waals surface area contributed by atoms with E-state index in [0.29, 0.717) is 22.2 Å². The summed E-state index contributed by atoms with van der Waals surface area (Å²) in [5, 5.41) is 13.4. The predicted molar refractivity (Wildman–Crippen MR) is 115 cm³/mol. The normalized spacial score (nSPS) is 24.3. The molecule has 2 atom stereocenters. The molecule has 2 heterocycles. The van der Waals surface area contributed by atoms with Gasteiger partial charge in [0.1, 0.15) is 17.3 Å². The van der Waals surface area contributed by atoms with E-state index >= 15 is 4.39 Å². The number of hydrogen-bond donors (Lipinski definition) is 2. The van der Waals surface area contributed by atoms with Crippen LogP contribution in [-0.4, -0.2) is 29.1 Å². The first-order chi connectivity index (χ1) is 15.5. The first-order valence-corrected chi connectivity index (χ1v) is 10.7. The highest BCUT2D eigenvalue weighted by Crippen LogP contribution is 2.47. The number of hydrogen-bond acceptors (Lipinski definition) is 5. The number of fused-ring (bicyclic) bond motifs is 4. The number of halogens is 2. The molecular formula is C24H22F2N4O2. The Bertz CT molecular complexity index is 1240. The van der Waals surface area contributed by atoms with Crippen LogP contribution in [0.1, 0.15) is 31.2 Å². The van der Waals surface area contributed by atoms with Crippen molar-refractivity contribution in [2.45, 2.75) is 31.7 Å². The number of pyridine rings is 1. The average Bonchev–Trinajstić information content (AvgIpc) is 3.23. The van der Waals surface area contributed by atoms with Crippen molar-refractivity contribution in [2.24, 2.45) is 17.8 Å². The van der Waals surface area contributed by atoms with Gasteiger partial charge in [0.05, 0.1) is 36.5 Å². The molecule has 0 aliphatic heterocycles. The molecule has 3 aliphatic rings. The lowest BCUT2D eigenvalue weighted by molar-refractivity contribution is -0.152. The van der Waals surface area contributed by atoms with Crippen molar-refractivity contribution in [1.82, 2.24) is 9.97 Å². The molecule has 32 heavy (non-hydrogen) atoms. The Morgan fingerprint density at radius 2 is 1.94 bits per heavy atom. The maximum Gasteiger partial charge on any atom is 0.311 e. The largest absolute Gasteiger partial charge is 0.469 e. The molecular weight excluding hydrogens is 414 g/mol. The van der Waals surface area contributed by atoms with E-state index in [1.54, 1.807) is 12.3 Å². The van der Waals surface area contributed by atoms with Crippen molar-refractivity contribution in [3.63, 3.8) is 0 Å². The second kappa shape index (κ2) is 7.90. The quantitative estimate of drug-likeness (QED) is 0.575. The molecule has 3 fully saturated rings. The van der Waals surface area contributed by atoms with Crippen LogP contribution in [0.25, 0.3) is 22.2 Å². The number of esters is 1. The summed E-state index contributed by atoms with van der Waals surface area (Å²) in [5.74, 6) is -1.22. The third-order valence-corrected chi connectivity index (χ3v) is 7.03. The second-order valence-corrected chi connectivity index (χ2v) is 8.64. The van der Waals surface area contributed by atoms with Gasteiger partial charge in [-0.25, -0.2) is 13.8 Å². The van der Waals surface area contributed by atoms with E-state index in [0.717, 1.165) is 31.9 Å². The van der Waals surface area contributed by atoms with Crippen LogP contribution in [0.15, 0.2) is 30.6 Å². The summed E-state index contributed by atoms with van der Waals surface area (Å²) in [4.78, 5) is 19.5. The van der Waals surface area contributed by atoms with Crippen LogP contribution in [0.5, 0.6) is 0 Å². The van der Waals surface area contributed by atoms with Crippen LogP contribution in [-0.2, 0) is 9.53 Å². The first-order valence-electron chi connectivity index (χ1n) is 10.7. The molecule has 3 saturated carbocycles. The summed E-state index contributed by atoms with van der Waals surface area (Å²) in [5.41, 5.74) is 1.84. The number of carbonyl (C=O) groups is 1. The lowest BCUT2D eigenvalue weighted by atomic mass is 9.61. The van der Waals surface area contributed by atoms with Crippen molar-refractivity contribution < 1.29 is 18.3 Å². The van der Waals surface area contributed by atoms with Gasteiger partial charge in [-0.2, -0.15) is 5.26 Å². The minimum atomic E-state index is -0.570. The second-order valence-electron chi connectivity index (χ2n) is 8.64. The lowest BCUT2D eigenvalue weighted by Crippen LogP contribution is -2.51. The zero-order valence-electron chi connectivity index (χ0n) is 17.5. The van der Waals surface area contributed by atoms with Gasteiger partial charge in [-0.3, -0.25) is 4.79 Å². The highest BCUT2D eigenvalue weighted by atomic mass is 19.1. The van der Waals surface area contributed by atoms with Crippen LogP contribution < -0.4 is 5.32 Å². The molecule has 0 saturated heterocycles. The van der Waals surface area contributed by atoms with Gasteiger partial charge in [0.2, 0.25) is 0 Å². The standard InChI is InChI=1S/C24H22F2N4O2/c1-32-24(31)21-12-2-4-13(5-3-12)22(21)30-20-8-16(14(9-27)6-19(20)26)18-11-29-23-17(18)7-15(25)10-28-23/h6-8,10-13,21-22,30H,2-5H2,1H3,(H,28,29)/t12?,13?,21-,22-/m1/s1. The minimum absolute atomic E-state index is 0.132. The van der Waals surface area contributed by atoms with E-state index in [4.69, 9.17) is 4.74 Å². The molecule has 3 aliphatic carbocycles. The van der Waals surface area contributed by atoms with Gasteiger partial charge >= 0.3 is 5.97 Å². The summed E-state index contributed by atoms with van der Waals surface area (Å²) in [6.07, 6.45) is 6.64. The van der Waals surface area contributed by atoms with Crippen LogP contribution in [0.4, 0.5) is 14.5 Å². The number of aromatic amines is 1. The molecule has 2 aromatic heterocycles. The van der Waals surface area contributed by atoms with Gasteiger partial charge in [-0.15, -0.1) is 0 Å². The number of nitrogens with zero attached hydrogens (tertiary/aromatic N) is 2. The monoisotopic (exact) mass is 436 g/mol. The molecule has 164 valence electrons. The third-order valence-electron chi connectivity index (χ3n) is 7.03. The Morgan fingerprint density at radius 1 is 1.19 bits per heavy atom. The Morgan fingerprint density at radius 3 is 2.66 bits per heavy atom. The Hall–Kier alpha value is -3.47. The first kappa shape index (κ1) is 20.4. The van der Waals surface area contributed by atoms with Crippen LogP contribution >= 0.6 is 0 Å². The zero-order chi connectivity index (χ0) is 22.4. The van der Waals surface area contributed by atoms with Crippen molar-refractivity contribution in [1.29, 1.82) is 5.26 Å². The fourth-order valence-corrected chi connectivity index (χ4v) is 5.51. The molecule has 0 spiro atoms. The van der Waals surface area contributed by atoms with Gasteiger partial charge in [0.25, 0.3) is 0 Å². The molecule has 2 N–H and O–H groups in total. The summed E-state index contributed by atoms with van der Waals surface area (Å²) in [6, 6.07) is 5.86. The van der Waals surface area contributed by atoms with E-state index in [2.05, 4.69) is 15.3 Å². The summed E-state index contributed by atoms with van der Waals surface area (Å²) < 4.78 is 33.9. The smallest absolute Gasteiger partial charge is 0.311 e. The summed E-state index contributed by atoms with van der Waals surface area (Å²) in [6.45, 7) is 0. The molecule has 3 aromatic rings. The lowest BCUT2D eigenvalue weighted by Gasteiger charge is -2.47. The predicted octanol–water partition coefficient (Wildman–Crippen LogP) is 4.77. The maximum atomic E-state index is 15.0. The topological polar surface area (TPSA) is 90.8 Å². The number of anilines is 1. The molecule has 0 radical (unpaired) electrons. The zero-order valence-corrected chi connectivity index (χ0v) is 17.5. The van der Waals surface area contributed by atoms with Gasteiger partial charge in [-0.1, -0.05) is 0 Å². The van der Waals surface area contributed by atoms with Gasteiger partial charge in [0.15, 0.2) is 0 Å². The van der Waals surface area contributed by atoms with E-state index in [-0.39, 0.29) is 41.0 Å². The molecule has 6 nitrogen and oxygen atoms in total. The summed E-state index contributed by atoms with van der Waals surface area (Å²) in [7, 11) is 1.38. The van der Waals surface area contributed by atoms with E-state index in [1.165, 1.54) is 19.2 Å². The number of rotatable bonds is 4. The third kappa shape index (κ3) is 3.29. The number of carbonyl (C=O) groups excluding carboxylic acids is 1. The number of ether oxygens (including phenoxy) is 1. The number of aromatic nitrogens is 2. The highest BCUT2D eigenvalue weighted by molar-refractivity contribution is 5.95. The van der Waals surface area contributed by atoms with Crippen molar-refractivity contribution >= 4 is 22.7 Å². The molecule has 1 aromatic carbocycles. The number of methoxy groups -OCH3 is 1. The minimum Gasteiger partial charge on any atom is -0.469 e. The van der Waals surface area contributed by atoms with E-state index < -0.39 is 11.6 Å². The van der Waals surface area contributed by atoms with Gasteiger partial charge in [-0.05, 0) is 55.7 Å². The summed E-state index contributed by atoms with van der Waals surface area (Å²) >= 11 is 0. The van der Waals surface area contributed by atoms with E-state index in [1.807, 2.05) is 6.07 Å². The Kier molecular flexibility index (Phi) is 5.04. The maximum absolute atomic E-state index is 15.0. The van der Waals surface area contributed by atoms with Crippen molar-refractivity contribution in [3.05, 3.63) is 47.8 Å². The molecule has 2 bridgehead atoms. The number of H-pyrrole nitrogens is 1. The Labute approximate surface area is 183 Å². The number of benzene rings is 1. The molecule has 8 heteroatoms. The van der Waals surface area contributed by atoms with Crippen molar-refractivity contribution in [2.75, 3.05) is 12.4 Å². The fraction of sp³-hybridized carbons (Fsp3) is 0.375. The highest BCUT2D eigenvalue weighted by Gasteiger charge is 2.48. The van der Waals surface area contributed by atoms with E-state index in [9.17, 15) is 14.4 Å². The molecule has 6 rings (SSSR count). The number of nitrogens with one attached hydrogen (secondary N) is 2. The SMILES string of the molecule is COC(=O)[C@@H]1C2CCC(CC2)[C@H]1Nc1cc(-c2c[nH]c3ncc(F)cc23)c(C#N)cc1F. The average molecular weight is 436 g/mol. The van der Waals surface area contributed by atoms with Crippen LogP contribution in [0.3, 0.4) is 0 Å². The fourth-order valence-electron chi connectivity index (χ4n) is 5.51.